The van der Waals surface area contributed by atoms with E-state index >= 15 is 0 Å². The van der Waals surface area contributed by atoms with Crippen LogP contribution in [0, 0.1) is 0 Å². The molecule has 13 nitrogen and oxygen atoms in total. The van der Waals surface area contributed by atoms with Gasteiger partial charge < -0.3 is 30.2 Å². The number of benzene rings is 2. The van der Waals surface area contributed by atoms with Gasteiger partial charge in [0, 0.05) is 42.8 Å². The molecular weight excluding hydrogens is 520 g/mol. The summed E-state index contributed by atoms with van der Waals surface area (Å²) in [5, 5.41) is 13.7. The lowest BCUT2D eigenvalue weighted by Crippen LogP contribution is -2.52. The van der Waals surface area contributed by atoms with Crippen LogP contribution in [-0.4, -0.2) is 68.5 Å². The predicted molar refractivity (Wildman–Crippen MR) is 143 cm³/mol. The van der Waals surface area contributed by atoms with E-state index in [1.165, 1.54) is 19.1 Å². The van der Waals surface area contributed by atoms with E-state index in [0.717, 1.165) is 12.8 Å². The van der Waals surface area contributed by atoms with Crippen LogP contribution in [0.15, 0.2) is 40.6 Å². The number of ether oxygens (including phenoxy) is 3. The number of carbonyl (C=O) groups excluding carboxylic acids is 4. The van der Waals surface area contributed by atoms with Crippen LogP contribution in [0.1, 0.15) is 41.6 Å². The molecule has 0 saturated carbocycles. The van der Waals surface area contributed by atoms with Crippen molar-refractivity contribution in [3.8, 4) is 17.2 Å². The molecule has 4 N–H and O–H groups in total. The van der Waals surface area contributed by atoms with Gasteiger partial charge in [0.25, 0.3) is 11.8 Å². The minimum Gasteiger partial charge on any atom is -0.493 e. The van der Waals surface area contributed by atoms with E-state index in [9.17, 15) is 19.2 Å². The first-order valence-corrected chi connectivity index (χ1v) is 12.9. The van der Waals surface area contributed by atoms with Gasteiger partial charge in [-0.15, -0.1) is 0 Å². The zero-order valence-electron chi connectivity index (χ0n) is 22.4. The van der Waals surface area contributed by atoms with Crippen molar-refractivity contribution in [3.63, 3.8) is 0 Å². The number of nitrogens with one attached hydrogen (secondary N) is 2. The first kappa shape index (κ1) is 28.5. The second kappa shape index (κ2) is 13.0. The molecular formula is C27H32N6O7. The fourth-order valence-corrected chi connectivity index (χ4v) is 4.53. The Morgan fingerprint density at radius 1 is 1.12 bits per heavy atom. The summed E-state index contributed by atoms with van der Waals surface area (Å²) in [6.45, 7) is 1.01. The number of methoxy groups -OCH3 is 2. The molecule has 40 heavy (non-hydrogen) atoms. The Labute approximate surface area is 231 Å². The molecule has 0 bridgehead atoms. The molecule has 1 unspecified atom stereocenters. The van der Waals surface area contributed by atoms with Crippen molar-refractivity contribution in [3.05, 3.63) is 41.5 Å². The van der Waals surface area contributed by atoms with Crippen LogP contribution in [0.2, 0.25) is 0 Å². The Kier molecular flexibility index (Phi) is 9.27. The number of azo groups is 1. The van der Waals surface area contributed by atoms with Gasteiger partial charge in [0.05, 0.1) is 25.6 Å². The van der Waals surface area contributed by atoms with Crippen molar-refractivity contribution in [2.24, 2.45) is 16.0 Å². The average molecular weight is 553 g/mol. The molecule has 212 valence electrons. The molecule has 4 amide bonds. The molecule has 4 rings (SSSR count). The van der Waals surface area contributed by atoms with E-state index < -0.39 is 11.9 Å². The van der Waals surface area contributed by atoms with Gasteiger partial charge in [0.15, 0.2) is 18.1 Å². The largest absolute Gasteiger partial charge is 0.493 e. The first-order valence-electron chi connectivity index (χ1n) is 12.9. The molecule has 0 radical (unpaired) electrons. The highest BCUT2D eigenvalue weighted by Crippen LogP contribution is 2.42. The zero-order chi connectivity index (χ0) is 28.6. The summed E-state index contributed by atoms with van der Waals surface area (Å²) in [4.78, 5) is 50.5. The Morgan fingerprint density at radius 2 is 1.88 bits per heavy atom. The maximum Gasteiger partial charge on any atom is 0.257 e. The molecule has 1 saturated heterocycles. The third kappa shape index (κ3) is 6.37. The lowest BCUT2D eigenvalue weighted by Gasteiger charge is -2.29. The number of nitrogens with two attached hydrogens (primary N) is 1. The Bertz CT molecular complexity index is 1300. The number of rotatable bonds is 12. The van der Waals surface area contributed by atoms with Crippen LogP contribution in [0.3, 0.4) is 0 Å². The number of imide groups is 1. The third-order valence-electron chi connectivity index (χ3n) is 6.58. The molecule has 2 aliphatic heterocycles. The first-order chi connectivity index (χ1) is 19.4. The Morgan fingerprint density at radius 3 is 2.55 bits per heavy atom. The summed E-state index contributed by atoms with van der Waals surface area (Å²) >= 11 is 0. The van der Waals surface area contributed by atoms with Crippen molar-refractivity contribution in [2.45, 2.75) is 38.3 Å². The summed E-state index contributed by atoms with van der Waals surface area (Å²) in [6, 6.07) is 7.54. The molecule has 2 heterocycles. The maximum atomic E-state index is 13.1. The van der Waals surface area contributed by atoms with Crippen molar-refractivity contribution in [1.82, 2.24) is 15.5 Å². The summed E-state index contributed by atoms with van der Waals surface area (Å²) in [6.07, 6.45) is 2.04. The molecule has 2 aromatic carbocycles. The van der Waals surface area contributed by atoms with Gasteiger partial charge in [-0.3, -0.25) is 24.5 Å². The van der Waals surface area contributed by atoms with Gasteiger partial charge in [-0.05, 0) is 37.9 Å². The van der Waals surface area contributed by atoms with Gasteiger partial charge in [0.2, 0.25) is 17.6 Å². The number of nitrogens with zero attached hydrogens (tertiary/aromatic N) is 3. The molecule has 2 aliphatic rings. The van der Waals surface area contributed by atoms with Gasteiger partial charge in [-0.2, -0.15) is 10.2 Å². The van der Waals surface area contributed by atoms with Crippen LogP contribution < -0.4 is 30.6 Å². The Balaban J connectivity index is 1.50. The average Bonchev–Trinajstić information content (AvgIpc) is 3.29. The molecule has 1 atom stereocenters. The van der Waals surface area contributed by atoms with E-state index in [1.54, 1.807) is 30.3 Å². The monoisotopic (exact) mass is 552 g/mol. The minimum absolute atomic E-state index is 0.170. The lowest BCUT2D eigenvalue weighted by molar-refractivity contribution is -0.137. The van der Waals surface area contributed by atoms with E-state index in [0.29, 0.717) is 47.1 Å². The molecule has 1 fully saturated rings. The molecule has 0 spiro atoms. The number of piperidine rings is 1. The van der Waals surface area contributed by atoms with Crippen molar-refractivity contribution < 1.29 is 33.4 Å². The van der Waals surface area contributed by atoms with Crippen molar-refractivity contribution >= 4 is 35.0 Å². The number of amides is 4. The minimum atomic E-state index is -0.725. The molecule has 0 aliphatic carbocycles. The normalized spacial score (nSPS) is 16.6. The second-order valence-corrected chi connectivity index (χ2v) is 9.22. The van der Waals surface area contributed by atoms with Crippen LogP contribution >= 0.6 is 0 Å². The van der Waals surface area contributed by atoms with Crippen LogP contribution in [-0.2, 0) is 20.9 Å². The maximum absolute atomic E-state index is 13.1. The van der Waals surface area contributed by atoms with Crippen LogP contribution in [0.25, 0.3) is 0 Å². The smallest absolute Gasteiger partial charge is 0.257 e. The number of hydrogen-bond donors (Lipinski definition) is 3. The summed E-state index contributed by atoms with van der Waals surface area (Å²) in [5.41, 5.74) is 7.38. The third-order valence-corrected chi connectivity index (χ3v) is 6.58. The Hall–Kier alpha value is -4.52. The summed E-state index contributed by atoms with van der Waals surface area (Å²) in [5.74, 6) is -0.580. The number of hydrogen-bond acceptors (Lipinski definition) is 10. The van der Waals surface area contributed by atoms with Gasteiger partial charge in [0.1, 0.15) is 6.04 Å². The van der Waals surface area contributed by atoms with Crippen molar-refractivity contribution in [2.75, 3.05) is 33.9 Å². The SMILES string of the molecule is COc1cc(N=Nc2cccc3c2CN(C2CCC(=O)NC2=O)C3=O)cc(OC)c1OCC(=O)NCCCCN. The van der Waals surface area contributed by atoms with E-state index in [4.69, 9.17) is 19.9 Å². The van der Waals surface area contributed by atoms with E-state index in [2.05, 4.69) is 20.9 Å². The summed E-state index contributed by atoms with van der Waals surface area (Å²) in [7, 11) is 2.91. The van der Waals surface area contributed by atoms with Crippen LogP contribution in [0.4, 0.5) is 11.4 Å². The predicted octanol–water partition coefficient (Wildman–Crippen LogP) is 2.11. The number of fused-ring (bicyclic) bond motifs is 1. The highest BCUT2D eigenvalue weighted by molar-refractivity contribution is 6.06. The summed E-state index contributed by atoms with van der Waals surface area (Å²) < 4.78 is 16.6. The highest BCUT2D eigenvalue weighted by atomic mass is 16.5. The fourth-order valence-electron chi connectivity index (χ4n) is 4.53. The quantitative estimate of drug-likeness (QED) is 0.204. The zero-order valence-corrected chi connectivity index (χ0v) is 22.4. The van der Waals surface area contributed by atoms with Gasteiger partial charge >= 0.3 is 0 Å². The molecule has 13 heteroatoms. The van der Waals surface area contributed by atoms with Gasteiger partial charge in [-0.25, -0.2) is 0 Å². The van der Waals surface area contributed by atoms with Crippen molar-refractivity contribution in [1.29, 1.82) is 0 Å². The molecule has 2 aromatic rings. The second-order valence-electron chi connectivity index (χ2n) is 9.22. The molecule has 0 aromatic heterocycles. The fraction of sp³-hybridized carbons (Fsp3) is 0.407. The number of unbranched alkanes of at least 4 members (excludes halogenated alkanes) is 1. The van der Waals surface area contributed by atoms with E-state index in [-0.39, 0.29) is 49.5 Å². The number of carbonyl (C=O) groups is 4. The highest BCUT2D eigenvalue weighted by Gasteiger charge is 2.39. The lowest BCUT2D eigenvalue weighted by atomic mass is 10.0. The standard InChI is InChI=1S/C27H32N6O7/c1-38-21-12-16(13-22(39-2)25(21)40-15-24(35)29-11-4-3-10-28)31-32-19-7-5-6-17-18(19)14-33(27(17)37)20-8-9-23(34)30-26(20)36/h5-7,12-13,20H,3-4,8-11,14-15,28H2,1-2H3,(H,29,35)(H,30,34,36). The van der Waals surface area contributed by atoms with Gasteiger partial charge in [-0.1, -0.05) is 6.07 Å². The van der Waals surface area contributed by atoms with Crippen LogP contribution in [0.5, 0.6) is 17.2 Å². The van der Waals surface area contributed by atoms with E-state index in [1.807, 2.05) is 0 Å². The topological polar surface area (TPSA) is 174 Å².